The zero-order valence-electron chi connectivity index (χ0n) is 5.88. The fourth-order valence-electron chi connectivity index (χ4n) is 1.14. The fourth-order valence-corrected chi connectivity index (χ4v) is 1.72. The summed E-state index contributed by atoms with van der Waals surface area (Å²) in [5, 5.41) is 0. The highest BCUT2D eigenvalue weighted by molar-refractivity contribution is 7.83. The van der Waals surface area contributed by atoms with Gasteiger partial charge in [-0.15, -0.1) is 0 Å². The van der Waals surface area contributed by atoms with Gasteiger partial charge in [-0.1, -0.05) is 12.5 Å². The van der Waals surface area contributed by atoms with E-state index >= 15 is 0 Å². The molecule has 0 saturated heterocycles. The highest BCUT2D eigenvalue weighted by atomic mass is 32.2. The summed E-state index contributed by atoms with van der Waals surface area (Å²) in [6.07, 6.45) is 7.11. The highest BCUT2D eigenvalue weighted by Crippen LogP contribution is 2.18. The second-order valence-corrected chi connectivity index (χ2v) is 3.54. The topological polar surface area (TPSA) is 37.3 Å². The van der Waals surface area contributed by atoms with E-state index in [0.717, 1.165) is 24.2 Å². The molecule has 2 nitrogen and oxygen atoms in total. The van der Waals surface area contributed by atoms with Gasteiger partial charge in [-0.3, -0.25) is 0 Å². The maximum Gasteiger partial charge on any atom is 0.181 e. The first-order chi connectivity index (χ1) is 4.80. The van der Waals surface area contributed by atoms with Crippen molar-refractivity contribution < 1.29 is 8.76 Å². The molecule has 0 spiro atoms. The lowest BCUT2D eigenvalue weighted by molar-refractivity contribution is 0.568. The molecule has 1 unspecified atom stereocenters. The average Bonchev–Trinajstić information content (AvgIpc) is 2.12. The van der Waals surface area contributed by atoms with Gasteiger partial charge in [0.25, 0.3) is 0 Å². The van der Waals surface area contributed by atoms with Crippen LogP contribution in [0.4, 0.5) is 0 Å². The number of rotatable bonds is 1. The Morgan fingerprint density at radius 3 is 2.90 bits per heavy atom. The lowest BCUT2D eigenvalue weighted by atomic mass is 10.2. The smallest absolute Gasteiger partial charge is 0.181 e. The van der Waals surface area contributed by atoms with Gasteiger partial charge < -0.3 is 4.55 Å². The third kappa shape index (κ3) is 2.23. The van der Waals surface area contributed by atoms with Crippen LogP contribution in [0.1, 0.15) is 32.1 Å². The van der Waals surface area contributed by atoms with Gasteiger partial charge in [-0.05, 0) is 25.7 Å². The summed E-state index contributed by atoms with van der Waals surface area (Å²) in [4.78, 5) is 0.720. The zero-order chi connectivity index (χ0) is 7.40. The van der Waals surface area contributed by atoms with E-state index in [1.54, 1.807) is 0 Å². The van der Waals surface area contributed by atoms with E-state index in [9.17, 15) is 4.21 Å². The number of hydrogen-bond donors (Lipinski definition) is 1. The molecule has 0 amide bonds. The maximum absolute atomic E-state index is 10.5. The van der Waals surface area contributed by atoms with Crippen LogP contribution in [0.3, 0.4) is 0 Å². The monoisotopic (exact) mass is 160 g/mol. The van der Waals surface area contributed by atoms with Crippen molar-refractivity contribution >= 4 is 11.1 Å². The van der Waals surface area contributed by atoms with Crippen LogP contribution in [-0.4, -0.2) is 8.76 Å². The Kier molecular flexibility index (Phi) is 3.09. The molecule has 10 heavy (non-hydrogen) atoms. The van der Waals surface area contributed by atoms with Crippen LogP contribution in [0, 0.1) is 0 Å². The number of allylic oxidation sites excluding steroid dienone is 2. The number of hydrogen-bond acceptors (Lipinski definition) is 1. The van der Waals surface area contributed by atoms with Crippen LogP contribution in [0.25, 0.3) is 0 Å². The molecule has 58 valence electrons. The molecule has 0 saturated carbocycles. The molecule has 0 radical (unpaired) electrons. The molecule has 0 aliphatic heterocycles. The lowest BCUT2D eigenvalue weighted by Gasteiger charge is -1.96. The maximum atomic E-state index is 10.5. The Morgan fingerprint density at radius 2 is 2.20 bits per heavy atom. The van der Waals surface area contributed by atoms with Crippen molar-refractivity contribution in [3.05, 3.63) is 11.0 Å². The molecule has 1 rings (SSSR count). The Hall–Kier alpha value is -0.150. The molecule has 1 aliphatic carbocycles. The van der Waals surface area contributed by atoms with E-state index in [4.69, 9.17) is 4.55 Å². The predicted octanol–water partition coefficient (Wildman–Crippen LogP) is 2.06. The summed E-state index contributed by atoms with van der Waals surface area (Å²) in [6, 6.07) is 0. The van der Waals surface area contributed by atoms with Crippen molar-refractivity contribution in [2.24, 2.45) is 0 Å². The van der Waals surface area contributed by atoms with Crippen molar-refractivity contribution in [2.45, 2.75) is 32.1 Å². The van der Waals surface area contributed by atoms with Crippen molar-refractivity contribution in [1.29, 1.82) is 0 Å². The van der Waals surface area contributed by atoms with E-state index in [1.165, 1.54) is 12.8 Å². The summed E-state index contributed by atoms with van der Waals surface area (Å²) in [7, 11) is 0. The van der Waals surface area contributed by atoms with Crippen LogP contribution >= 0.6 is 0 Å². The standard InChI is InChI=1S/C7H12O2S/c8-10(9)7-5-3-1-2-4-6-7/h5H,1-4,6H2,(H,8,9). The van der Waals surface area contributed by atoms with Crippen molar-refractivity contribution in [2.75, 3.05) is 0 Å². The highest BCUT2D eigenvalue weighted by Gasteiger charge is 2.06. The largest absolute Gasteiger partial charge is 0.302 e. The van der Waals surface area contributed by atoms with Crippen LogP contribution in [0.15, 0.2) is 11.0 Å². The first-order valence-electron chi connectivity index (χ1n) is 3.60. The van der Waals surface area contributed by atoms with Gasteiger partial charge in [0.15, 0.2) is 11.1 Å². The molecular weight excluding hydrogens is 148 g/mol. The third-order valence-corrected chi connectivity index (χ3v) is 2.54. The van der Waals surface area contributed by atoms with E-state index < -0.39 is 11.1 Å². The third-order valence-electron chi connectivity index (χ3n) is 1.72. The molecule has 1 N–H and O–H groups in total. The van der Waals surface area contributed by atoms with E-state index in [2.05, 4.69) is 0 Å². The first kappa shape index (κ1) is 7.95. The molecule has 0 aromatic carbocycles. The minimum absolute atomic E-state index is 0.720. The molecule has 0 fully saturated rings. The van der Waals surface area contributed by atoms with Gasteiger partial charge in [-0.2, -0.15) is 0 Å². The molecule has 0 heterocycles. The lowest BCUT2D eigenvalue weighted by Crippen LogP contribution is -1.90. The fraction of sp³-hybridized carbons (Fsp3) is 0.714. The molecule has 0 aromatic heterocycles. The SMILES string of the molecule is O=S(O)C1=CCCCCC1. The molecule has 1 aliphatic rings. The molecule has 0 aromatic rings. The van der Waals surface area contributed by atoms with Gasteiger partial charge in [0, 0.05) is 4.91 Å². The Labute approximate surface area is 63.6 Å². The van der Waals surface area contributed by atoms with Crippen LogP contribution in [0.5, 0.6) is 0 Å². The van der Waals surface area contributed by atoms with Crippen LogP contribution in [-0.2, 0) is 11.1 Å². The van der Waals surface area contributed by atoms with Gasteiger partial charge >= 0.3 is 0 Å². The zero-order valence-corrected chi connectivity index (χ0v) is 6.69. The summed E-state index contributed by atoms with van der Waals surface area (Å²) in [6.45, 7) is 0. The van der Waals surface area contributed by atoms with Gasteiger partial charge in [0.2, 0.25) is 0 Å². The van der Waals surface area contributed by atoms with Gasteiger partial charge in [0.1, 0.15) is 0 Å². The van der Waals surface area contributed by atoms with Crippen molar-refractivity contribution in [3.8, 4) is 0 Å². The minimum Gasteiger partial charge on any atom is -0.302 e. The second kappa shape index (κ2) is 3.88. The van der Waals surface area contributed by atoms with Crippen molar-refractivity contribution in [3.63, 3.8) is 0 Å². The molecule has 3 heteroatoms. The Morgan fingerprint density at radius 1 is 1.40 bits per heavy atom. The first-order valence-corrected chi connectivity index (χ1v) is 4.71. The van der Waals surface area contributed by atoms with Gasteiger partial charge in [0.05, 0.1) is 0 Å². The second-order valence-electron chi connectivity index (χ2n) is 2.52. The predicted molar refractivity (Wildman–Crippen MR) is 41.9 cm³/mol. The normalized spacial score (nSPS) is 23.1. The van der Waals surface area contributed by atoms with E-state index in [0.29, 0.717) is 0 Å². The molecule has 0 bridgehead atoms. The van der Waals surface area contributed by atoms with E-state index in [1.807, 2.05) is 6.08 Å². The average molecular weight is 160 g/mol. The summed E-state index contributed by atoms with van der Waals surface area (Å²) < 4.78 is 19.3. The summed E-state index contributed by atoms with van der Waals surface area (Å²) in [5.74, 6) is 0. The molecule has 1 atom stereocenters. The van der Waals surface area contributed by atoms with Crippen molar-refractivity contribution in [1.82, 2.24) is 0 Å². The van der Waals surface area contributed by atoms with E-state index in [-0.39, 0.29) is 0 Å². The van der Waals surface area contributed by atoms with Crippen LogP contribution < -0.4 is 0 Å². The van der Waals surface area contributed by atoms with Crippen LogP contribution in [0.2, 0.25) is 0 Å². The minimum atomic E-state index is -1.70. The summed E-state index contributed by atoms with van der Waals surface area (Å²) >= 11 is -1.70. The Bertz CT molecular complexity index is 163. The summed E-state index contributed by atoms with van der Waals surface area (Å²) in [5.41, 5.74) is 0. The van der Waals surface area contributed by atoms with Gasteiger partial charge in [-0.25, -0.2) is 4.21 Å². The molecular formula is C7H12O2S. The Balaban J connectivity index is 2.54. The quantitative estimate of drug-likeness (QED) is 0.596.